The Bertz CT molecular complexity index is 453. The molecule has 0 aliphatic heterocycles. The van der Waals surface area contributed by atoms with Crippen molar-refractivity contribution in [2.75, 3.05) is 13.1 Å². The highest BCUT2D eigenvalue weighted by Crippen LogP contribution is 2.28. The van der Waals surface area contributed by atoms with Crippen LogP contribution in [0, 0.1) is 0 Å². The Hall–Kier alpha value is -0.580. The maximum atomic E-state index is 6.59. The number of rotatable bonds is 8. The van der Waals surface area contributed by atoms with Gasteiger partial charge in [-0.25, -0.2) is 0 Å². The highest BCUT2D eigenvalue weighted by molar-refractivity contribution is 6.31. The summed E-state index contributed by atoms with van der Waals surface area (Å²) in [5, 5.41) is 5.28. The molecule has 4 nitrogen and oxygen atoms in total. The Kier molecular flexibility index (Phi) is 6.70. The van der Waals surface area contributed by atoms with Gasteiger partial charge in [-0.05, 0) is 32.9 Å². The van der Waals surface area contributed by atoms with Gasteiger partial charge in [0.05, 0.1) is 16.4 Å². The molecule has 0 bridgehead atoms. The summed E-state index contributed by atoms with van der Waals surface area (Å²) in [6, 6.07) is 0.0278. The third-order valence-electron chi connectivity index (χ3n) is 4.92. The van der Waals surface area contributed by atoms with Crippen molar-refractivity contribution < 1.29 is 0 Å². The van der Waals surface area contributed by atoms with Gasteiger partial charge in [-0.2, -0.15) is 5.10 Å². The van der Waals surface area contributed by atoms with E-state index in [0.717, 1.165) is 48.8 Å². The number of hydrogen-bond acceptors (Lipinski definition) is 3. The highest BCUT2D eigenvalue weighted by Gasteiger charge is 2.35. The summed E-state index contributed by atoms with van der Waals surface area (Å²) < 4.78 is 1.89. The van der Waals surface area contributed by atoms with Gasteiger partial charge < -0.3 is 5.73 Å². The van der Waals surface area contributed by atoms with Gasteiger partial charge in [0.1, 0.15) is 0 Å². The van der Waals surface area contributed by atoms with Crippen LogP contribution in [-0.4, -0.2) is 39.4 Å². The van der Waals surface area contributed by atoms with Gasteiger partial charge in [-0.3, -0.25) is 9.58 Å². The van der Waals surface area contributed by atoms with Crippen LogP contribution in [0.3, 0.4) is 0 Å². The van der Waals surface area contributed by atoms with Gasteiger partial charge in [0.25, 0.3) is 0 Å². The summed E-state index contributed by atoms with van der Waals surface area (Å²) in [7, 11) is 1.95. The Morgan fingerprint density at radius 1 is 1.29 bits per heavy atom. The van der Waals surface area contributed by atoms with E-state index >= 15 is 0 Å². The van der Waals surface area contributed by atoms with Crippen molar-refractivity contribution >= 4 is 11.6 Å². The fourth-order valence-electron chi connectivity index (χ4n) is 3.14. The number of aromatic nitrogens is 2. The van der Waals surface area contributed by atoms with E-state index < -0.39 is 0 Å². The van der Waals surface area contributed by atoms with Crippen LogP contribution in [0.25, 0.3) is 0 Å². The minimum atomic E-state index is -0.0243. The van der Waals surface area contributed by atoms with E-state index in [1.54, 1.807) is 0 Å². The van der Waals surface area contributed by atoms with Crippen molar-refractivity contribution in [2.45, 2.75) is 65.5 Å². The Morgan fingerprint density at radius 2 is 1.86 bits per heavy atom. The highest BCUT2D eigenvalue weighted by atomic mass is 35.5. The smallest absolute Gasteiger partial charge is 0.0850 e. The SMILES string of the molecule is CCc1nn(C)c(CC(N)C(C)(CC)N(CC)CC)c1Cl. The van der Waals surface area contributed by atoms with E-state index in [9.17, 15) is 0 Å². The van der Waals surface area contributed by atoms with Gasteiger partial charge in [0.2, 0.25) is 0 Å². The van der Waals surface area contributed by atoms with Crippen LogP contribution in [0.5, 0.6) is 0 Å². The molecule has 0 fully saturated rings. The molecule has 1 heterocycles. The fourth-order valence-corrected chi connectivity index (χ4v) is 3.51. The van der Waals surface area contributed by atoms with Gasteiger partial charge in [0.15, 0.2) is 0 Å². The summed E-state index contributed by atoms with van der Waals surface area (Å²) >= 11 is 6.46. The third kappa shape index (κ3) is 3.61. The molecule has 2 N–H and O–H groups in total. The van der Waals surface area contributed by atoms with Crippen LogP contribution in [-0.2, 0) is 19.9 Å². The summed E-state index contributed by atoms with van der Waals surface area (Å²) in [5.74, 6) is 0. The number of halogens is 1. The quantitative estimate of drug-likeness (QED) is 0.802. The van der Waals surface area contributed by atoms with E-state index in [1.807, 2.05) is 11.7 Å². The zero-order valence-electron chi connectivity index (χ0n) is 14.4. The lowest BCUT2D eigenvalue weighted by molar-refractivity contribution is 0.0839. The minimum absolute atomic E-state index is 0.0243. The van der Waals surface area contributed by atoms with E-state index in [2.05, 4.69) is 44.6 Å². The second kappa shape index (κ2) is 7.61. The van der Waals surface area contributed by atoms with E-state index in [0.29, 0.717) is 0 Å². The second-order valence-electron chi connectivity index (χ2n) is 5.88. The largest absolute Gasteiger partial charge is 0.326 e. The number of likely N-dealkylation sites (N-methyl/N-ethyl adjacent to an activating group) is 1. The molecule has 0 amide bonds. The lowest BCUT2D eigenvalue weighted by Gasteiger charge is -2.44. The van der Waals surface area contributed by atoms with Crippen molar-refractivity contribution in [2.24, 2.45) is 12.8 Å². The van der Waals surface area contributed by atoms with Gasteiger partial charge in [-0.15, -0.1) is 0 Å². The van der Waals surface area contributed by atoms with Crippen LogP contribution in [0.2, 0.25) is 5.02 Å². The molecule has 0 saturated carbocycles. The van der Waals surface area contributed by atoms with Crippen LogP contribution in [0.4, 0.5) is 0 Å². The summed E-state index contributed by atoms with van der Waals surface area (Å²) in [4.78, 5) is 2.45. The van der Waals surface area contributed by atoms with Crippen LogP contribution in [0.1, 0.15) is 52.4 Å². The standard InChI is InChI=1S/C16H31ClN4/c1-7-12-15(17)13(20(6)19-12)11-14(18)16(5,8-2)21(9-3)10-4/h14H,7-11,18H2,1-6H3. The van der Waals surface area contributed by atoms with Crippen LogP contribution >= 0.6 is 11.6 Å². The molecule has 1 aromatic heterocycles. The predicted octanol–water partition coefficient (Wildman–Crippen LogP) is 3.02. The predicted molar refractivity (Wildman–Crippen MR) is 90.9 cm³/mol. The minimum Gasteiger partial charge on any atom is -0.326 e. The first kappa shape index (κ1) is 18.5. The Balaban J connectivity index is 3.03. The third-order valence-corrected chi connectivity index (χ3v) is 5.35. The normalized spacial score (nSPS) is 16.2. The molecule has 122 valence electrons. The molecule has 0 aromatic carbocycles. The monoisotopic (exact) mass is 314 g/mol. The Labute approximate surface area is 134 Å². The van der Waals surface area contributed by atoms with Gasteiger partial charge in [0, 0.05) is 25.0 Å². The molecule has 2 unspecified atom stereocenters. The average Bonchev–Trinajstić information content (AvgIpc) is 2.75. The summed E-state index contributed by atoms with van der Waals surface area (Å²) in [5.41, 5.74) is 8.58. The fraction of sp³-hybridized carbons (Fsp3) is 0.812. The molecule has 0 saturated heterocycles. The van der Waals surface area contributed by atoms with Crippen LogP contribution in [0.15, 0.2) is 0 Å². The second-order valence-corrected chi connectivity index (χ2v) is 6.26. The van der Waals surface area contributed by atoms with Crippen molar-refractivity contribution in [3.8, 4) is 0 Å². The molecule has 0 aliphatic carbocycles. The zero-order valence-corrected chi connectivity index (χ0v) is 15.2. The summed E-state index contributed by atoms with van der Waals surface area (Å²) in [6.07, 6.45) is 2.62. The molecule has 0 aliphatic rings. The Morgan fingerprint density at radius 3 is 2.24 bits per heavy atom. The molecule has 5 heteroatoms. The van der Waals surface area contributed by atoms with E-state index in [1.165, 1.54) is 0 Å². The first-order chi connectivity index (χ1) is 9.85. The number of hydrogen-bond donors (Lipinski definition) is 1. The first-order valence-electron chi connectivity index (χ1n) is 8.06. The average molecular weight is 315 g/mol. The molecule has 0 radical (unpaired) electrons. The molecular formula is C16H31ClN4. The topological polar surface area (TPSA) is 47.1 Å². The van der Waals surface area contributed by atoms with E-state index in [-0.39, 0.29) is 11.6 Å². The number of aryl methyl sites for hydroxylation is 2. The molecule has 0 spiro atoms. The van der Waals surface area contributed by atoms with Crippen molar-refractivity contribution in [3.63, 3.8) is 0 Å². The van der Waals surface area contributed by atoms with Crippen molar-refractivity contribution in [3.05, 3.63) is 16.4 Å². The van der Waals surface area contributed by atoms with E-state index in [4.69, 9.17) is 17.3 Å². The molecule has 1 aromatic rings. The van der Waals surface area contributed by atoms with Crippen LogP contribution < -0.4 is 5.73 Å². The molecule has 2 atom stereocenters. The number of nitrogens with two attached hydrogens (primary N) is 1. The maximum absolute atomic E-state index is 6.59. The molecular weight excluding hydrogens is 284 g/mol. The molecule has 1 rings (SSSR count). The zero-order chi connectivity index (χ0) is 16.2. The van der Waals surface area contributed by atoms with Crippen molar-refractivity contribution in [1.82, 2.24) is 14.7 Å². The molecule has 21 heavy (non-hydrogen) atoms. The summed E-state index contributed by atoms with van der Waals surface area (Å²) in [6.45, 7) is 12.9. The van der Waals surface area contributed by atoms with Crippen molar-refractivity contribution in [1.29, 1.82) is 0 Å². The lowest BCUT2D eigenvalue weighted by Crippen LogP contribution is -2.58. The lowest BCUT2D eigenvalue weighted by atomic mass is 9.85. The maximum Gasteiger partial charge on any atom is 0.0850 e. The van der Waals surface area contributed by atoms with Gasteiger partial charge in [-0.1, -0.05) is 39.3 Å². The van der Waals surface area contributed by atoms with Gasteiger partial charge >= 0.3 is 0 Å². The first-order valence-corrected chi connectivity index (χ1v) is 8.44. The number of nitrogens with zero attached hydrogens (tertiary/aromatic N) is 3.